The van der Waals surface area contributed by atoms with Crippen LogP contribution in [0.5, 0.6) is 11.5 Å². The smallest absolute Gasteiger partial charge is 0.161 e. The van der Waals surface area contributed by atoms with E-state index >= 15 is 0 Å². The van der Waals surface area contributed by atoms with Gasteiger partial charge in [0.1, 0.15) is 13.2 Å². The van der Waals surface area contributed by atoms with Crippen LogP contribution in [0, 0.1) is 11.8 Å². The fourth-order valence-electron chi connectivity index (χ4n) is 3.72. The highest BCUT2D eigenvalue weighted by Gasteiger charge is 2.29. The van der Waals surface area contributed by atoms with Gasteiger partial charge in [0.2, 0.25) is 0 Å². The van der Waals surface area contributed by atoms with Gasteiger partial charge in [0, 0.05) is 12.1 Å². The second-order valence-corrected chi connectivity index (χ2v) is 6.70. The molecule has 1 fully saturated rings. The molecule has 0 spiro atoms. The highest BCUT2D eigenvalue weighted by molar-refractivity contribution is 5.44. The molecule has 1 heterocycles. The Morgan fingerprint density at radius 3 is 2.43 bits per heavy atom. The van der Waals surface area contributed by atoms with E-state index in [2.05, 4.69) is 38.2 Å². The number of nitrogens with one attached hydrogen (secondary N) is 1. The van der Waals surface area contributed by atoms with Crippen molar-refractivity contribution in [1.29, 1.82) is 0 Å². The third-order valence-corrected chi connectivity index (χ3v) is 5.05. The fourth-order valence-corrected chi connectivity index (χ4v) is 3.72. The number of fused-ring (bicyclic) bond motifs is 1. The van der Waals surface area contributed by atoms with Crippen LogP contribution in [0.15, 0.2) is 18.2 Å². The maximum absolute atomic E-state index is 5.69. The van der Waals surface area contributed by atoms with Gasteiger partial charge in [-0.15, -0.1) is 0 Å². The molecule has 3 nitrogen and oxygen atoms in total. The van der Waals surface area contributed by atoms with Crippen LogP contribution in [-0.2, 0) is 0 Å². The van der Waals surface area contributed by atoms with Crippen molar-refractivity contribution in [2.75, 3.05) is 13.2 Å². The summed E-state index contributed by atoms with van der Waals surface area (Å²) < 4.78 is 11.3. The van der Waals surface area contributed by atoms with E-state index in [1.807, 2.05) is 6.07 Å². The van der Waals surface area contributed by atoms with Crippen LogP contribution in [-0.4, -0.2) is 19.3 Å². The van der Waals surface area contributed by atoms with E-state index in [0.29, 0.717) is 25.3 Å². The summed E-state index contributed by atoms with van der Waals surface area (Å²) >= 11 is 0. The first-order valence-corrected chi connectivity index (χ1v) is 8.30. The van der Waals surface area contributed by atoms with E-state index < -0.39 is 0 Å². The second-order valence-electron chi connectivity index (χ2n) is 6.70. The first-order valence-electron chi connectivity index (χ1n) is 8.30. The van der Waals surface area contributed by atoms with Crippen LogP contribution in [0.4, 0.5) is 0 Å². The minimum absolute atomic E-state index is 0.342. The van der Waals surface area contributed by atoms with Crippen LogP contribution < -0.4 is 14.8 Å². The summed E-state index contributed by atoms with van der Waals surface area (Å²) in [5.41, 5.74) is 1.28. The monoisotopic (exact) mass is 289 g/mol. The number of rotatable bonds is 3. The summed E-state index contributed by atoms with van der Waals surface area (Å²) in [6.45, 7) is 8.30. The highest BCUT2D eigenvalue weighted by atomic mass is 16.6. The van der Waals surface area contributed by atoms with Gasteiger partial charge in [0.25, 0.3) is 0 Å². The van der Waals surface area contributed by atoms with Gasteiger partial charge in [0.15, 0.2) is 11.5 Å². The lowest BCUT2D eigenvalue weighted by Gasteiger charge is -2.37. The van der Waals surface area contributed by atoms with Gasteiger partial charge in [-0.05, 0) is 49.3 Å². The van der Waals surface area contributed by atoms with Gasteiger partial charge in [-0.25, -0.2) is 0 Å². The molecule has 0 bridgehead atoms. The molecule has 2 aliphatic rings. The van der Waals surface area contributed by atoms with Crippen LogP contribution >= 0.6 is 0 Å². The zero-order valence-electron chi connectivity index (χ0n) is 13.4. The Morgan fingerprint density at radius 1 is 1.05 bits per heavy atom. The molecule has 3 atom stereocenters. The molecule has 0 amide bonds. The standard InChI is InChI=1S/C18H27NO2/c1-12-5-4-6-13(2)18(12)19-14(3)15-7-8-16-17(11-15)21-10-9-20-16/h7-8,11-14,18-19H,4-6,9-10H2,1-3H3. The van der Waals surface area contributed by atoms with Crippen molar-refractivity contribution in [1.82, 2.24) is 5.32 Å². The summed E-state index contributed by atoms with van der Waals surface area (Å²) in [6.07, 6.45) is 4.06. The zero-order valence-corrected chi connectivity index (χ0v) is 13.4. The zero-order chi connectivity index (χ0) is 14.8. The molecule has 1 aromatic rings. The van der Waals surface area contributed by atoms with Gasteiger partial charge in [-0.2, -0.15) is 0 Å². The molecule has 1 saturated carbocycles. The van der Waals surface area contributed by atoms with E-state index in [1.165, 1.54) is 24.8 Å². The molecule has 0 aromatic heterocycles. The topological polar surface area (TPSA) is 30.5 Å². The van der Waals surface area contributed by atoms with E-state index in [-0.39, 0.29) is 0 Å². The van der Waals surface area contributed by atoms with Gasteiger partial charge in [-0.3, -0.25) is 0 Å². The predicted molar refractivity (Wildman–Crippen MR) is 84.9 cm³/mol. The van der Waals surface area contributed by atoms with Crippen molar-refractivity contribution in [2.45, 2.75) is 52.1 Å². The molecule has 0 radical (unpaired) electrons. The number of ether oxygens (including phenoxy) is 2. The number of hydrogen-bond acceptors (Lipinski definition) is 3. The third kappa shape index (κ3) is 3.18. The van der Waals surface area contributed by atoms with Crippen molar-refractivity contribution in [3.05, 3.63) is 23.8 Å². The lowest BCUT2D eigenvalue weighted by molar-refractivity contribution is 0.170. The third-order valence-electron chi connectivity index (χ3n) is 5.05. The minimum atomic E-state index is 0.342. The van der Waals surface area contributed by atoms with Crippen LogP contribution in [0.2, 0.25) is 0 Å². The summed E-state index contributed by atoms with van der Waals surface area (Å²) in [4.78, 5) is 0. The van der Waals surface area contributed by atoms with Crippen molar-refractivity contribution in [3.8, 4) is 11.5 Å². The maximum atomic E-state index is 5.69. The Hall–Kier alpha value is -1.22. The molecule has 3 heteroatoms. The van der Waals surface area contributed by atoms with Crippen LogP contribution in [0.1, 0.15) is 51.6 Å². The van der Waals surface area contributed by atoms with Gasteiger partial charge >= 0.3 is 0 Å². The molecule has 1 aromatic carbocycles. The van der Waals surface area contributed by atoms with E-state index in [1.54, 1.807) is 0 Å². The summed E-state index contributed by atoms with van der Waals surface area (Å²) in [6, 6.07) is 7.28. The Morgan fingerprint density at radius 2 is 1.71 bits per heavy atom. The van der Waals surface area contributed by atoms with Gasteiger partial charge in [0.05, 0.1) is 0 Å². The lowest BCUT2D eigenvalue weighted by atomic mass is 9.78. The molecule has 21 heavy (non-hydrogen) atoms. The highest BCUT2D eigenvalue weighted by Crippen LogP contribution is 2.34. The molecule has 1 N–H and O–H groups in total. The second kappa shape index (κ2) is 6.27. The summed E-state index contributed by atoms with van der Waals surface area (Å²) in [5.74, 6) is 3.27. The normalized spacial score (nSPS) is 30.0. The average Bonchev–Trinajstić information content (AvgIpc) is 2.50. The molecule has 116 valence electrons. The molecule has 3 unspecified atom stereocenters. The Labute approximate surface area is 128 Å². The molecule has 3 rings (SSSR count). The predicted octanol–water partition coefficient (Wildman–Crippen LogP) is 3.93. The molecular weight excluding hydrogens is 262 g/mol. The van der Waals surface area contributed by atoms with Gasteiger partial charge in [-0.1, -0.05) is 26.3 Å². The Balaban J connectivity index is 1.71. The van der Waals surface area contributed by atoms with E-state index in [4.69, 9.17) is 9.47 Å². The Bertz CT molecular complexity index is 478. The lowest BCUT2D eigenvalue weighted by Crippen LogP contribution is -2.43. The largest absolute Gasteiger partial charge is 0.486 e. The van der Waals surface area contributed by atoms with E-state index in [0.717, 1.165) is 23.3 Å². The van der Waals surface area contributed by atoms with E-state index in [9.17, 15) is 0 Å². The molecular formula is C18H27NO2. The van der Waals surface area contributed by atoms with Gasteiger partial charge < -0.3 is 14.8 Å². The average molecular weight is 289 g/mol. The minimum Gasteiger partial charge on any atom is -0.486 e. The molecule has 1 aliphatic carbocycles. The summed E-state index contributed by atoms with van der Waals surface area (Å²) in [5, 5.41) is 3.85. The van der Waals surface area contributed by atoms with Crippen molar-refractivity contribution in [3.63, 3.8) is 0 Å². The molecule has 0 saturated heterocycles. The van der Waals surface area contributed by atoms with Crippen LogP contribution in [0.3, 0.4) is 0 Å². The number of hydrogen-bond donors (Lipinski definition) is 1. The maximum Gasteiger partial charge on any atom is 0.161 e. The van der Waals surface area contributed by atoms with Crippen molar-refractivity contribution in [2.24, 2.45) is 11.8 Å². The van der Waals surface area contributed by atoms with Crippen molar-refractivity contribution >= 4 is 0 Å². The first kappa shape index (κ1) is 14.7. The van der Waals surface area contributed by atoms with Crippen LogP contribution in [0.25, 0.3) is 0 Å². The van der Waals surface area contributed by atoms with Crippen molar-refractivity contribution < 1.29 is 9.47 Å². The fraction of sp³-hybridized carbons (Fsp3) is 0.667. The first-order chi connectivity index (χ1) is 10.1. The Kier molecular flexibility index (Phi) is 4.39. The quantitative estimate of drug-likeness (QED) is 0.914. The summed E-state index contributed by atoms with van der Waals surface area (Å²) in [7, 11) is 0. The molecule has 1 aliphatic heterocycles. The number of benzene rings is 1. The SMILES string of the molecule is CC(NC1C(C)CCCC1C)c1ccc2c(c1)OCCO2.